The highest BCUT2D eigenvalue weighted by Gasteiger charge is 2.50. The zero-order valence-corrected chi connectivity index (χ0v) is 15.0. The molecular weight excluding hydrogens is 301 g/mol. The number of hydrogen-bond acceptors (Lipinski definition) is 1. The van der Waals surface area contributed by atoms with Gasteiger partial charge in [0.15, 0.2) is 7.29 Å². The van der Waals surface area contributed by atoms with Crippen LogP contribution in [-0.2, 0) is 4.57 Å². The minimum absolute atomic E-state index is 0.161. The predicted molar refractivity (Wildman–Crippen MR) is 98.1 cm³/mol. The zero-order valence-electron chi connectivity index (χ0n) is 14.1. The van der Waals surface area contributed by atoms with Crippen LogP contribution < -0.4 is 0 Å². The lowest BCUT2D eigenvalue weighted by Gasteiger charge is -2.36. The number of benzene rings is 2. The second kappa shape index (κ2) is 7.03. The van der Waals surface area contributed by atoms with Gasteiger partial charge in [-0.2, -0.15) is 0 Å². The normalized spacial score (nSPS) is 27.4. The lowest BCUT2D eigenvalue weighted by molar-refractivity contribution is 0.433. The van der Waals surface area contributed by atoms with Gasteiger partial charge in [-0.25, -0.2) is 0 Å². The molecule has 3 heteroatoms. The molecule has 3 rings (SSSR count). The number of rotatable bonds is 5. The van der Waals surface area contributed by atoms with Gasteiger partial charge in [0.1, 0.15) is 0 Å². The van der Waals surface area contributed by atoms with Crippen LogP contribution in [0.1, 0.15) is 49.1 Å². The van der Waals surface area contributed by atoms with Crippen molar-refractivity contribution in [3.05, 3.63) is 71.8 Å². The summed E-state index contributed by atoms with van der Waals surface area (Å²) in [7, 11) is -2.51. The van der Waals surface area contributed by atoms with Crippen LogP contribution in [0.2, 0.25) is 0 Å². The fourth-order valence-electron chi connectivity index (χ4n) is 4.07. The summed E-state index contributed by atoms with van der Waals surface area (Å²) < 4.78 is 16.6. The van der Waals surface area contributed by atoms with Crippen molar-refractivity contribution in [1.82, 2.24) is 4.67 Å². The Bertz CT molecular complexity index is 615. The first-order valence-electron chi connectivity index (χ1n) is 8.66. The summed E-state index contributed by atoms with van der Waals surface area (Å²) >= 11 is 0. The van der Waals surface area contributed by atoms with Crippen LogP contribution in [0.25, 0.3) is 0 Å². The summed E-state index contributed by atoms with van der Waals surface area (Å²) in [6.07, 6.45) is 2.02. The molecule has 0 spiro atoms. The molecule has 0 amide bonds. The van der Waals surface area contributed by atoms with Gasteiger partial charge in [0.05, 0.1) is 11.3 Å². The van der Waals surface area contributed by atoms with Crippen molar-refractivity contribution in [1.29, 1.82) is 0 Å². The van der Waals surface area contributed by atoms with E-state index in [0.717, 1.165) is 25.9 Å². The third-order valence-corrected chi connectivity index (χ3v) is 9.50. The Morgan fingerprint density at radius 1 is 0.826 bits per heavy atom. The standard InChI is InChI=1S/C20H26NOP/c1-3-21(4-2)23(22)19(17-11-7-5-8-12-17)15-16-20(23)18-13-9-6-10-14-18/h5-14,19-20H,3-4,15-16H2,1-2H3/t19-,20+,23?. The Morgan fingerprint density at radius 2 is 1.22 bits per heavy atom. The monoisotopic (exact) mass is 327 g/mol. The molecule has 2 aromatic rings. The van der Waals surface area contributed by atoms with Crippen molar-refractivity contribution in [3.8, 4) is 0 Å². The van der Waals surface area contributed by atoms with Crippen LogP contribution in [0.15, 0.2) is 60.7 Å². The maximum Gasteiger partial charge on any atom is 0.164 e. The minimum atomic E-state index is -2.51. The summed E-state index contributed by atoms with van der Waals surface area (Å²) in [4.78, 5) is 0. The van der Waals surface area contributed by atoms with Gasteiger partial charge in [-0.1, -0.05) is 74.5 Å². The second-order valence-electron chi connectivity index (χ2n) is 6.24. The van der Waals surface area contributed by atoms with E-state index in [2.05, 4.69) is 67.0 Å². The van der Waals surface area contributed by atoms with Crippen molar-refractivity contribution in [2.24, 2.45) is 0 Å². The topological polar surface area (TPSA) is 20.3 Å². The molecule has 1 fully saturated rings. The molecule has 0 radical (unpaired) electrons. The van der Waals surface area contributed by atoms with Gasteiger partial charge < -0.3 is 4.57 Å². The van der Waals surface area contributed by atoms with E-state index in [0.29, 0.717) is 0 Å². The molecule has 0 aromatic heterocycles. The van der Waals surface area contributed by atoms with E-state index in [4.69, 9.17) is 0 Å². The lowest BCUT2D eigenvalue weighted by Crippen LogP contribution is -2.23. The van der Waals surface area contributed by atoms with E-state index >= 15 is 0 Å². The van der Waals surface area contributed by atoms with Gasteiger partial charge >= 0.3 is 0 Å². The average Bonchev–Trinajstić information content (AvgIpc) is 2.95. The largest absolute Gasteiger partial charge is 0.305 e. The van der Waals surface area contributed by atoms with Gasteiger partial charge in [0.25, 0.3) is 0 Å². The average molecular weight is 327 g/mol. The third kappa shape index (κ3) is 2.91. The van der Waals surface area contributed by atoms with Crippen molar-refractivity contribution in [3.63, 3.8) is 0 Å². The van der Waals surface area contributed by atoms with Crippen molar-refractivity contribution in [2.45, 2.75) is 38.0 Å². The molecule has 2 nitrogen and oxygen atoms in total. The SMILES string of the molecule is CCN(CC)P1(=O)[C@@H](c2ccccc2)CC[C@H]1c1ccccc1. The quantitative estimate of drug-likeness (QED) is 0.639. The molecule has 1 aliphatic rings. The third-order valence-electron chi connectivity index (χ3n) is 5.15. The number of nitrogens with zero attached hydrogens (tertiary/aromatic N) is 1. The van der Waals surface area contributed by atoms with Crippen LogP contribution in [-0.4, -0.2) is 17.8 Å². The van der Waals surface area contributed by atoms with E-state index < -0.39 is 7.29 Å². The Kier molecular flexibility index (Phi) is 5.04. The van der Waals surface area contributed by atoms with E-state index in [9.17, 15) is 4.57 Å². The fourth-order valence-corrected chi connectivity index (χ4v) is 8.42. The molecule has 1 aliphatic heterocycles. The molecule has 2 aromatic carbocycles. The fraction of sp³-hybridized carbons (Fsp3) is 0.400. The van der Waals surface area contributed by atoms with Gasteiger partial charge in [-0.05, 0) is 24.0 Å². The molecule has 3 atom stereocenters. The summed E-state index contributed by atoms with van der Waals surface area (Å²) in [5.41, 5.74) is 2.80. The van der Waals surface area contributed by atoms with E-state index in [1.807, 2.05) is 12.1 Å². The highest BCUT2D eigenvalue weighted by molar-refractivity contribution is 7.62. The summed E-state index contributed by atoms with van der Waals surface area (Å²) in [6, 6.07) is 20.9. The zero-order chi connectivity index (χ0) is 16.3. The van der Waals surface area contributed by atoms with Gasteiger partial charge in [0, 0.05) is 13.1 Å². The summed E-state index contributed by atoms with van der Waals surface area (Å²) in [5, 5.41) is 0. The predicted octanol–water partition coefficient (Wildman–Crippen LogP) is 5.88. The van der Waals surface area contributed by atoms with Gasteiger partial charge in [0.2, 0.25) is 0 Å². The molecular formula is C20H26NOP. The van der Waals surface area contributed by atoms with Crippen LogP contribution in [0.3, 0.4) is 0 Å². The van der Waals surface area contributed by atoms with Crippen molar-refractivity contribution in [2.75, 3.05) is 13.1 Å². The van der Waals surface area contributed by atoms with Crippen LogP contribution in [0.4, 0.5) is 0 Å². The first-order valence-corrected chi connectivity index (χ1v) is 10.5. The summed E-state index contributed by atoms with van der Waals surface area (Å²) in [6.45, 7) is 5.96. The molecule has 1 saturated heterocycles. The molecule has 0 bridgehead atoms. The maximum absolute atomic E-state index is 14.4. The molecule has 0 saturated carbocycles. The van der Waals surface area contributed by atoms with E-state index in [-0.39, 0.29) is 11.3 Å². The second-order valence-corrected chi connectivity index (χ2v) is 9.40. The Labute approximate surface area is 140 Å². The molecule has 1 heterocycles. The lowest BCUT2D eigenvalue weighted by atomic mass is 10.0. The first kappa shape index (κ1) is 16.5. The highest BCUT2D eigenvalue weighted by atomic mass is 31.2. The van der Waals surface area contributed by atoms with E-state index in [1.54, 1.807) is 0 Å². The Morgan fingerprint density at radius 3 is 1.57 bits per heavy atom. The first-order chi connectivity index (χ1) is 11.2. The van der Waals surface area contributed by atoms with Crippen LogP contribution in [0, 0.1) is 0 Å². The van der Waals surface area contributed by atoms with Gasteiger partial charge in [-0.3, -0.25) is 4.67 Å². The minimum Gasteiger partial charge on any atom is -0.305 e. The molecule has 1 unspecified atom stereocenters. The molecule has 122 valence electrons. The van der Waals surface area contributed by atoms with Crippen LogP contribution >= 0.6 is 7.29 Å². The molecule has 0 N–H and O–H groups in total. The highest BCUT2D eigenvalue weighted by Crippen LogP contribution is 2.77. The van der Waals surface area contributed by atoms with Crippen molar-refractivity contribution >= 4 is 7.29 Å². The molecule has 0 aliphatic carbocycles. The van der Waals surface area contributed by atoms with Crippen molar-refractivity contribution < 1.29 is 4.57 Å². The maximum atomic E-state index is 14.4. The van der Waals surface area contributed by atoms with Crippen LogP contribution in [0.5, 0.6) is 0 Å². The number of hydrogen-bond donors (Lipinski definition) is 0. The summed E-state index contributed by atoms with van der Waals surface area (Å²) in [5.74, 6) is 0. The smallest absolute Gasteiger partial charge is 0.164 e. The molecule has 23 heavy (non-hydrogen) atoms. The Hall–Kier alpha value is -1.37. The van der Waals surface area contributed by atoms with E-state index in [1.165, 1.54) is 11.1 Å². The van der Waals surface area contributed by atoms with Gasteiger partial charge in [-0.15, -0.1) is 0 Å². The Balaban J connectivity index is 2.07.